The zero-order chi connectivity index (χ0) is 9.47. The predicted octanol–water partition coefficient (Wildman–Crippen LogP) is 2.65. The van der Waals surface area contributed by atoms with Gasteiger partial charge in [-0.3, -0.25) is 4.79 Å². The van der Waals surface area contributed by atoms with Gasteiger partial charge in [0.05, 0.1) is 5.92 Å². The first-order valence-electron chi connectivity index (χ1n) is 4.98. The van der Waals surface area contributed by atoms with Gasteiger partial charge >= 0.3 is 5.97 Å². The van der Waals surface area contributed by atoms with Crippen molar-refractivity contribution in [2.75, 3.05) is 0 Å². The minimum absolute atomic E-state index is 0.0954. The van der Waals surface area contributed by atoms with Crippen molar-refractivity contribution in [3.05, 3.63) is 0 Å². The lowest BCUT2D eigenvalue weighted by molar-refractivity contribution is -0.141. The van der Waals surface area contributed by atoms with Crippen molar-refractivity contribution in [2.45, 2.75) is 43.9 Å². The largest absolute Gasteiger partial charge is 0.481 e. The molecular weight excluding hydrogens is 188 g/mol. The summed E-state index contributed by atoms with van der Waals surface area (Å²) in [7, 11) is 0. The second-order valence-electron chi connectivity index (χ2n) is 4.62. The Labute approximate surface area is 83.3 Å². The summed E-state index contributed by atoms with van der Waals surface area (Å²) in [5.41, 5.74) is 0.301. The lowest BCUT2D eigenvalue weighted by Gasteiger charge is -2.22. The summed E-state index contributed by atoms with van der Waals surface area (Å²) in [6.07, 6.45) is 6.06. The van der Waals surface area contributed by atoms with Crippen molar-refractivity contribution in [2.24, 2.45) is 11.3 Å². The topological polar surface area (TPSA) is 37.3 Å². The van der Waals surface area contributed by atoms with E-state index in [0.29, 0.717) is 10.8 Å². The number of halogens is 1. The lowest BCUT2D eigenvalue weighted by atomic mass is 9.84. The highest BCUT2D eigenvalue weighted by molar-refractivity contribution is 6.20. The fraction of sp³-hybridized carbons (Fsp3) is 0.900. The van der Waals surface area contributed by atoms with E-state index in [-0.39, 0.29) is 5.92 Å². The highest BCUT2D eigenvalue weighted by Crippen LogP contribution is 2.53. The van der Waals surface area contributed by atoms with Gasteiger partial charge in [-0.25, -0.2) is 0 Å². The minimum atomic E-state index is -0.616. The van der Waals surface area contributed by atoms with Gasteiger partial charge in [-0.1, -0.05) is 0 Å². The van der Waals surface area contributed by atoms with Crippen LogP contribution in [0.1, 0.15) is 38.5 Å². The molecule has 13 heavy (non-hydrogen) atoms. The van der Waals surface area contributed by atoms with Gasteiger partial charge in [0.25, 0.3) is 0 Å². The van der Waals surface area contributed by atoms with Gasteiger partial charge in [0.15, 0.2) is 0 Å². The summed E-state index contributed by atoms with van der Waals surface area (Å²) in [5, 5.41) is 9.19. The molecule has 1 N–H and O–H groups in total. The molecular formula is C10H15ClO2. The number of alkyl halides is 1. The molecule has 0 aliphatic heterocycles. The van der Waals surface area contributed by atoms with Crippen molar-refractivity contribution >= 4 is 17.6 Å². The Bertz CT molecular complexity index is 229. The average molecular weight is 203 g/mol. The molecule has 74 valence electrons. The molecule has 0 heterocycles. The zero-order valence-corrected chi connectivity index (χ0v) is 8.39. The van der Waals surface area contributed by atoms with E-state index in [2.05, 4.69) is 0 Å². The van der Waals surface area contributed by atoms with E-state index >= 15 is 0 Å². The summed E-state index contributed by atoms with van der Waals surface area (Å²) in [5.74, 6) is -0.711. The Morgan fingerprint density at radius 2 is 2.00 bits per heavy atom. The molecule has 3 atom stereocenters. The zero-order valence-electron chi connectivity index (χ0n) is 7.63. The van der Waals surface area contributed by atoms with Crippen LogP contribution in [-0.4, -0.2) is 16.5 Å². The SMILES string of the molecule is O=C(O)[C@@H]1CCC2(CCC(Cl)C2)C1. The second-order valence-corrected chi connectivity index (χ2v) is 5.24. The Morgan fingerprint density at radius 1 is 1.31 bits per heavy atom. The molecule has 2 unspecified atom stereocenters. The summed E-state index contributed by atoms with van der Waals surface area (Å²) in [6.45, 7) is 0. The smallest absolute Gasteiger partial charge is 0.306 e. The average Bonchev–Trinajstić information content (AvgIpc) is 2.61. The van der Waals surface area contributed by atoms with Crippen molar-refractivity contribution < 1.29 is 9.90 Å². The third-order valence-electron chi connectivity index (χ3n) is 3.69. The van der Waals surface area contributed by atoms with Crippen LogP contribution in [0.5, 0.6) is 0 Å². The number of carbonyl (C=O) groups is 1. The van der Waals surface area contributed by atoms with Crippen molar-refractivity contribution in [3.8, 4) is 0 Å². The fourth-order valence-electron chi connectivity index (χ4n) is 2.97. The first-order valence-corrected chi connectivity index (χ1v) is 5.42. The van der Waals surface area contributed by atoms with Crippen LogP contribution >= 0.6 is 11.6 Å². The molecule has 2 nitrogen and oxygen atoms in total. The van der Waals surface area contributed by atoms with E-state index in [1.807, 2.05) is 0 Å². The van der Waals surface area contributed by atoms with Crippen LogP contribution in [0.25, 0.3) is 0 Å². The predicted molar refractivity (Wildman–Crippen MR) is 50.9 cm³/mol. The number of aliphatic carboxylic acids is 1. The summed E-state index contributed by atoms with van der Waals surface area (Å²) in [4.78, 5) is 10.8. The van der Waals surface area contributed by atoms with Gasteiger partial charge < -0.3 is 5.11 Å². The van der Waals surface area contributed by atoms with Gasteiger partial charge in [-0.05, 0) is 43.9 Å². The van der Waals surface area contributed by atoms with Crippen molar-refractivity contribution in [3.63, 3.8) is 0 Å². The van der Waals surface area contributed by atoms with Gasteiger partial charge in [0.2, 0.25) is 0 Å². The Morgan fingerprint density at radius 3 is 2.46 bits per heavy atom. The quantitative estimate of drug-likeness (QED) is 0.664. The third-order valence-corrected chi connectivity index (χ3v) is 4.07. The summed E-state index contributed by atoms with van der Waals surface area (Å²) >= 11 is 6.06. The van der Waals surface area contributed by atoms with Crippen LogP contribution in [-0.2, 0) is 4.79 Å². The Balaban J connectivity index is 2.01. The number of carboxylic acids is 1. The standard InChI is InChI=1S/C10H15ClO2/c11-8-2-4-10(6-8)3-1-7(5-10)9(12)13/h7-8H,1-6H2,(H,12,13)/t7-,8?,10?/m1/s1. The normalized spacial score (nSPS) is 44.4. The molecule has 0 amide bonds. The highest BCUT2D eigenvalue weighted by Gasteiger charge is 2.45. The second kappa shape index (κ2) is 3.16. The molecule has 2 aliphatic carbocycles. The number of hydrogen-bond acceptors (Lipinski definition) is 1. The first-order chi connectivity index (χ1) is 6.11. The molecule has 1 spiro atoms. The maximum atomic E-state index is 10.8. The molecule has 2 aliphatic rings. The lowest BCUT2D eigenvalue weighted by Crippen LogP contribution is -2.16. The van der Waals surface area contributed by atoms with Gasteiger partial charge in [-0.15, -0.1) is 11.6 Å². The minimum Gasteiger partial charge on any atom is -0.481 e. The molecule has 0 aromatic heterocycles. The summed E-state index contributed by atoms with van der Waals surface area (Å²) in [6, 6.07) is 0. The van der Waals surface area contributed by atoms with Gasteiger partial charge in [0.1, 0.15) is 0 Å². The van der Waals surface area contributed by atoms with Crippen LogP contribution in [0.2, 0.25) is 0 Å². The Kier molecular flexibility index (Phi) is 2.26. The van der Waals surface area contributed by atoms with Gasteiger partial charge in [0, 0.05) is 5.38 Å². The molecule has 0 aromatic rings. The van der Waals surface area contributed by atoms with E-state index in [1.54, 1.807) is 0 Å². The maximum Gasteiger partial charge on any atom is 0.306 e. The number of hydrogen-bond donors (Lipinski definition) is 1. The van der Waals surface area contributed by atoms with Crippen LogP contribution in [0.15, 0.2) is 0 Å². The number of rotatable bonds is 1. The van der Waals surface area contributed by atoms with Crippen LogP contribution < -0.4 is 0 Å². The molecule has 0 aromatic carbocycles. The molecule has 0 saturated heterocycles. The Hall–Kier alpha value is -0.240. The molecule has 2 fully saturated rings. The van der Waals surface area contributed by atoms with E-state index in [0.717, 1.165) is 38.5 Å². The van der Waals surface area contributed by atoms with E-state index in [1.165, 1.54) is 0 Å². The molecule has 0 radical (unpaired) electrons. The van der Waals surface area contributed by atoms with E-state index in [4.69, 9.17) is 16.7 Å². The van der Waals surface area contributed by atoms with Crippen molar-refractivity contribution in [1.29, 1.82) is 0 Å². The highest BCUT2D eigenvalue weighted by atomic mass is 35.5. The molecule has 2 saturated carbocycles. The number of carboxylic acid groups (broad SMARTS) is 1. The van der Waals surface area contributed by atoms with Crippen LogP contribution in [0, 0.1) is 11.3 Å². The maximum absolute atomic E-state index is 10.8. The van der Waals surface area contributed by atoms with Crippen molar-refractivity contribution in [1.82, 2.24) is 0 Å². The van der Waals surface area contributed by atoms with Crippen LogP contribution in [0.4, 0.5) is 0 Å². The molecule has 3 heteroatoms. The van der Waals surface area contributed by atoms with E-state index in [9.17, 15) is 4.79 Å². The van der Waals surface area contributed by atoms with E-state index < -0.39 is 5.97 Å². The molecule has 0 bridgehead atoms. The summed E-state index contributed by atoms with van der Waals surface area (Å²) < 4.78 is 0. The first kappa shape index (κ1) is 9.32. The van der Waals surface area contributed by atoms with Gasteiger partial charge in [-0.2, -0.15) is 0 Å². The fourth-order valence-corrected chi connectivity index (χ4v) is 3.40. The monoisotopic (exact) mass is 202 g/mol. The molecule has 2 rings (SSSR count). The van der Waals surface area contributed by atoms with Crippen LogP contribution in [0.3, 0.4) is 0 Å². The third kappa shape index (κ3) is 1.69.